The van der Waals surface area contributed by atoms with Gasteiger partial charge in [0.15, 0.2) is 0 Å². The van der Waals surface area contributed by atoms with E-state index in [4.69, 9.17) is 0 Å². The number of thioether (sulfide) groups is 1. The van der Waals surface area contributed by atoms with Crippen molar-refractivity contribution in [3.8, 4) is 0 Å². The van der Waals surface area contributed by atoms with Gasteiger partial charge in [-0.15, -0.1) is 0 Å². The molecule has 0 radical (unpaired) electrons. The first-order valence-corrected chi connectivity index (χ1v) is 8.30. The van der Waals surface area contributed by atoms with E-state index in [1.165, 1.54) is 25.7 Å². The molecule has 0 bridgehead atoms. The second-order valence-corrected chi connectivity index (χ2v) is 7.59. The van der Waals surface area contributed by atoms with Gasteiger partial charge in [0.1, 0.15) is 0 Å². The minimum absolute atomic E-state index is 0.274. The second-order valence-electron chi connectivity index (χ2n) is 4.49. The summed E-state index contributed by atoms with van der Waals surface area (Å²) in [6.45, 7) is 0. The van der Waals surface area contributed by atoms with Gasteiger partial charge in [0.25, 0.3) is 0 Å². The van der Waals surface area contributed by atoms with Gasteiger partial charge >= 0.3 is 114 Å². The third kappa shape index (κ3) is 5.86. The van der Waals surface area contributed by atoms with Crippen molar-refractivity contribution in [1.29, 1.82) is 0 Å². The van der Waals surface area contributed by atoms with Gasteiger partial charge in [0, 0.05) is 0 Å². The zero-order valence-electron chi connectivity index (χ0n) is 9.75. The zero-order chi connectivity index (χ0) is 12.7. The third-order valence-corrected chi connectivity index (χ3v) is 5.66. The van der Waals surface area contributed by atoms with Crippen molar-refractivity contribution >= 4 is 40.0 Å². The Morgan fingerprint density at radius 1 is 1.41 bits per heavy atom. The average Bonchev–Trinajstić information content (AvgIpc) is 2.36. The molecule has 1 saturated carbocycles. The number of hydrogen-bond acceptors (Lipinski definition) is 5. The molecule has 1 aliphatic rings. The maximum absolute atomic E-state index is 10.6. The Bertz CT molecular complexity index is 252. The molecule has 3 nitrogen and oxygen atoms in total. The molecule has 0 aromatic heterocycles. The monoisotopic (exact) mass is 292 g/mol. The predicted molar refractivity (Wildman–Crippen MR) is 75.7 cm³/mol. The summed E-state index contributed by atoms with van der Waals surface area (Å²) >= 11 is 6.35. The molecule has 1 N–H and O–H groups in total. The second kappa shape index (κ2) is 7.93. The van der Waals surface area contributed by atoms with Gasteiger partial charge in [-0.3, -0.25) is 0 Å². The number of rotatable bonds is 7. The van der Waals surface area contributed by atoms with Crippen molar-refractivity contribution in [3.05, 3.63) is 0 Å². The van der Waals surface area contributed by atoms with Crippen molar-refractivity contribution < 1.29 is 14.4 Å². The summed E-state index contributed by atoms with van der Waals surface area (Å²) in [4.78, 5) is 0. The van der Waals surface area contributed by atoms with E-state index in [2.05, 4.69) is 12.6 Å². The van der Waals surface area contributed by atoms with E-state index in [-0.39, 0.29) is 6.42 Å². The molecule has 0 aliphatic heterocycles. The van der Waals surface area contributed by atoms with Crippen LogP contribution in [0.2, 0.25) is 0 Å². The molecule has 96 valence electrons. The van der Waals surface area contributed by atoms with Crippen LogP contribution < -0.4 is 0 Å². The van der Waals surface area contributed by atoms with Gasteiger partial charge in [-0.1, -0.05) is 0 Å². The van der Waals surface area contributed by atoms with E-state index in [1.807, 2.05) is 11.8 Å². The topological polar surface area (TPSA) is 54.4 Å². The summed E-state index contributed by atoms with van der Waals surface area (Å²) in [5.74, 6) is 0.910. The molecular formula is C10H18BO3PS2. The van der Waals surface area contributed by atoms with Crippen LogP contribution in [0.1, 0.15) is 38.5 Å². The van der Waals surface area contributed by atoms with Crippen molar-refractivity contribution in [2.45, 2.75) is 54.3 Å². The van der Waals surface area contributed by atoms with Gasteiger partial charge in [0.05, 0.1) is 0 Å². The van der Waals surface area contributed by atoms with Crippen LogP contribution >= 0.6 is 32.9 Å². The molecule has 1 aliphatic carbocycles. The Labute approximate surface area is 114 Å². The van der Waals surface area contributed by atoms with Gasteiger partial charge < -0.3 is 0 Å². The van der Waals surface area contributed by atoms with Crippen LogP contribution in [-0.4, -0.2) is 33.8 Å². The first-order valence-electron chi connectivity index (χ1n) is 5.92. The van der Waals surface area contributed by atoms with Crippen molar-refractivity contribution in [1.82, 2.24) is 0 Å². The van der Waals surface area contributed by atoms with Crippen LogP contribution in [0.3, 0.4) is 0 Å². The first-order chi connectivity index (χ1) is 8.09. The SMILES string of the molecule is O=BC(O)(CCCSC1CCC(S)CC1)P=O. The molecule has 0 spiro atoms. The van der Waals surface area contributed by atoms with Crippen LogP contribution in [0.4, 0.5) is 0 Å². The normalized spacial score (nSPS) is 28.6. The maximum atomic E-state index is 10.6. The first kappa shape index (κ1) is 15.7. The molecule has 17 heavy (non-hydrogen) atoms. The standard InChI is InChI=1S/C10H18BO3PS2/c12-10(11-13,15-14)6-1-7-17-9-4-2-8(16)3-5-9/h8-9,12,16H,1-7H2. The molecule has 1 rings (SSSR count). The van der Waals surface area contributed by atoms with E-state index >= 15 is 0 Å². The fourth-order valence-electron chi connectivity index (χ4n) is 1.92. The molecule has 0 amide bonds. The molecule has 0 aromatic rings. The molecular weight excluding hydrogens is 274 g/mol. The molecule has 0 aromatic carbocycles. The van der Waals surface area contributed by atoms with Gasteiger partial charge in [-0.05, 0) is 0 Å². The summed E-state index contributed by atoms with van der Waals surface area (Å²) in [5.41, 5.74) is 0. The Balaban J connectivity index is 2.12. The van der Waals surface area contributed by atoms with Crippen LogP contribution in [0.25, 0.3) is 0 Å². The van der Waals surface area contributed by atoms with Crippen molar-refractivity contribution in [2.24, 2.45) is 0 Å². The van der Waals surface area contributed by atoms with Gasteiger partial charge in [-0.2, -0.15) is 0 Å². The molecule has 1 fully saturated rings. The number of thiol groups is 1. The zero-order valence-corrected chi connectivity index (χ0v) is 12.4. The predicted octanol–water partition coefficient (Wildman–Crippen LogP) is 2.73. The summed E-state index contributed by atoms with van der Waals surface area (Å²) in [6.07, 6.45) is 5.76. The van der Waals surface area contributed by atoms with Crippen LogP contribution in [0.5, 0.6) is 0 Å². The van der Waals surface area contributed by atoms with E-state index in [9.17, 15) is 14.4 Å². The summed E-state index contributed by atoms with van der Waals surface area (Å²) in [5, 5.41) is 9.07. The van der Waals surface area contributed by atoms with Crippen molar-refractivity contribution in [2.75, 3.05) is 5.75 Å². The summed E-state index contributed by atoms with van der Waals surface area (Å²) in [6, 6.07) is 0. The fraction of sp³-hybridized carbons (Fsp3) is 1.00. The van der Waals surface area contributed by atoms with Crippen LogP contribution in [0, 0.1) is 0 Å². The minimum atomic E-state index is -1.66. The molecule has 1 atom stereocenters. The fourth-order valence-corrected chi connectivity index (χ4v) is 3.76. The Hall–Kier alpha value is 0.625. The van der Waals surface area contributed by atoms with E-state index in [0.29, 0.717) is 17.6 Å². The van der Waals surface area contributed by atoms with Crippen LogP contribution in [-0.2, 0) is 9.27 Å². The molecule has 7 heteroatoms. The van der Waals surface area contributed by atoms with Gasteiger partial charge in [0.2, 0.25) is 0 Å². The van der Waals surface area contributed by atoms with E-state index in [0.717, 1.165) is 12.2 Å². The Kier molecular flexibility index (Phi) is 7.31. The summed E-state index contributed by atoms with van der Waals surface area (Å²) in [7, 11) is -0.121. The number of aliphatic hydroxyl groups is 1. The van der Waals surface area contributed by atoms with E-state index in [1.54, 1.807) is 0 Å². The molecule has 0 heterocycles. The molecule has 0 saturated heterocycles. The Morgan fingerprint density at radius 3 is 2.59 bits per heavy atom. The van der Waals surface area contributed by atoms with E-state index < -0.39 is 13.7 Å². The van der Waals surface area contributed by atoms with Crippen molar-refractivity contribution in [3.63, 3.8) is 0 Å². The summed E-state index contributed by atoms with van der Waals surface area (Å²) < 4.78 is 21.1. The quantitative estimate of drug-likeness (QED) is 0.328. The average molecular weight is 292 g/mol. The molecule has 1 unspecified atom stereocenters. The number of hydrogen-bond donors (Lipinski definition) is 2. The van der Waals surface area contributed by atoms with Gasteiger partial charge in [-0.25, -0.2) is 0 Å². The Morgan fingerprint density at radius 2 is 2.06 bits per heavy atom. The van der Waals surface area contributed by atoms with Crippen LogP contribution in [0.15, 0.2) is 0 Å². The third-order valence-electron chi connectivity index (χ3n) is 3.03.